The predicted octanol–water partition coefficient (Wildman–Crippen LogP) is 1.80. The molecule has 0 aliphatic carbocycles. The molecule has 0 radical (unpaired) electrons. The van der Waals surface area contributed by atoms with Crippen molar-refractivity contribution in [1.29, 1.82) is 0 Å². The second-order valence-electron chi connectivity index (χ2n) is 7.33. The number of aliphatic hydroxyl groups excluding tert-OH is 2. The Kier molecular flexibility index (Phi) is 11.3. The Balaban J connectivity index is 1.77. The molecule has 8 heteroatoms. The summed E-state index contributed by atoms with van der Waals surface area (Å²) in [6, 6.07) is 9.96. The van der Waals surface area contributed by atoms with Gasteiger partial charge in [0.1, 0.15) is 6.79 Å². The van der Waals surface area contributed by atoms with Crippen molar-refractivity contribution in [3.63, 3.8) is 0 Å². The van der Waals surface area contributed by atoms with Crippen LogP contribution in [0.2, 0.25) is 0 Å². The van der Waals surface area contributed by atoms with Crippen LogP contribution in [0.3, 0.4) is 0 Å². The average Bonchev–Trinajstić information content (AvgIpc) is 3.22. The quantitative estimate of drug-likeness (QED) is 0.343. The van der Waals surface area contributed by atoms with Gasteiger partial charge in [-0.25, -0.2) is 4.79 Å². The molecule has 0 saturated carbocycles. The molecule has 0 amide bonds. The third-order valence-corrected chi connectivity index (χ3v) is 5.01. The van der Waals surface area contributed by atoms with Crippen LogP contribution in [0.1, 0.15) is 38.2 Å². The number of aliphatic hydroxyl groups is 2. The number of carbonyl (C=O) groups excluding carboxylic acids is 1. The fraction of sp³-hybridized carbons (Fsp3) is 0.682. The van der Waals surface area contributed by atoms with E-state index in [2.05, 4.69) is 0 Å². The SMILES string of the molecule is CCOC(=O)[C@@H](O)[C@H](O)CC[C@H](OCOC)[C@@H]1CC[C@@H](COCc2ccccc2)O1. The molecule has 5 atom stereocenters. The molecule has 8 nitrogen and oxygen atoms in total. The number of benzene rings is 1. The molecular formula is C22H34O8. The van der Waals surface area contributed by atoms with Crippen LogP contribution in [-0.2, 0) is 35.1 Å². The van der Waals surface area contributed by atoms with Gasteiger partial charge in [-0.05, 0) is 38.2 Å². The van der Waals surface area contributed by atoms with Crippen LogP contribution in [0.25, 0.3) is 0 Å². The van der Waals surface area contributed by atoms with Gasteiger partial charge < -0.3 is 33.9 Å². The highest BCUT2D eigenvalue weighted by Crippen LogP contribution is 2.27. The summed E-state index contributed by atoms with van der Waals surface area (Å²) in [6.07, 6.45) is -1.11. The minimum absolute atomic E-state index is 0.0256. The summed E-state index contributed by atoms with van der Waals surface area (Å²) in [5.74, 6) is -0.827. The lowest BCUT2D eigenvalue weighted by Gasteiger charge is -2.26. The van der Waals surface area contributed by atoms with Gasteiger partial charge in [-0.1, -0.05) is 30.3 Å². The summed E-state index contributed by atoms with van der Waals surface area (Å²) >= 11 is 0. The van der Waals surface area contributed by atoms with Gasteiger partial charge in [0.25, 0.3) is 0 Å². The van der Waals surface area contributed by atoms with Gasteiger partial charge in [-0.15, -0.1) is 0 Å². The van der Waals surface area contributed by atoms with E-state index in [1.807, 2.05) is 30.3 Å². The first kappa shape index (κ1) is 24.7. The Hall–Kier alpha value is -1.55. The van der Waals surface area contributed by atoms with Crippen molar-refractivity contribution < 1.29 is 38.7 Å². The van der Waals surface area contributed by atoms with Crippen molar-refractivity contribution in [3.8, 4) is 0 Å². The van der Waals surface area contributed by atoms with Gasteiger partial charge in [-0.3, -0.25) is 0 Å². The Bertz CT molecular complexity index is 596. The molecule has 1 aliphatic rings. The highest BCUT2D eigenvalue weighted by molar-refractivity contribution is 5.75. The fourth-order valence-corrected chi connectivity index (χ4v) is 3.42. The number of esters is 1. The lowest BCUT2D eigenvalue weighted by atomic mass is 10.0. The molecule has 0 spiro atoms. The second-order valence-corrected chi connectivity index (χ2v) is 7.33. The molecule has 170 valence electrons. The molecular weight excluding hydrogens is 392 g/mol. The molecule has 0 aromatic heterocycles. The maximum Gasteiger partial charge on any atom is 0.337 e. The number of carbonyl (C=O) groups is 1. The third kappa shape index (κ3) is 8.29. The molecule has 0 bridgehead atoms. The number of rotatable bonds is 14. The zero-order valence-corrected chi connectivity index (χ0v) is 17.8. The zero-order valence-electron chi connectivity index (χ0n) is 17.8. The Morgan fingerprint density at radius 2 is 1.97 bits per heavy atom. The van der Waals surface area contributed by atoms with Crippen LogP contribution in [0.5, 0.6) is 0 Å². The fourth-order valence-electron chi connectivity index (χ4n) is 3.42. The van der Waals surface area contributed by atoms with Gasteiger partial charge in [0, 0.05) is 7.11 Å². The van der Waals surface area contributed by atoms with Crippen LogP contribution in [0, 0.1) is 0 Å². The van der Waals surface area contributed by atoms with Crippen LogP contribution in [0.4, 0.5) is 0 Å². The number of ether oxygens (including phenoxy) is 5. The van der Waals surface area contributed by atoms with Gasteiger partial charge in [0.05, 0.1) is 44.2 Å². The van der Waals surface area contributed by atoms with Crippen molar-refractivity contribution in [3.05, 3.63) is 35.9 Å². The van der Waals surface area contributed by atoms with E-state index >= 15 is 0 Å². The van der Waals surface area contributed by atoms with Crippen LogP contribution in [0.15, 0.2) is 30.3 Å². The molecule has 1 saturated heterocycles. The van der Waals surface area contributed by atoms with Crippen LogP contribution >= 0.6 is 0 Å². The van der Waals surface area contributed by atoms with E-state index in [4.69, 9.17) is 23.7 Å². The van der Waals surface area contributed by atoms with Crippen LogP contribution < -0.4 is 0 Å². The highest BCUT2D eigenvalue weighted by Gasteiger charge is 2.34. The molecule has 2 rings (SSSR count). The average molecular weight is 427 g/mol. The van der Waals surface area contributed by atoms with E-state index in [0.29, 0.717) is 19.6 Å². The van der Waals surface area contributed by atoms with Crippen molar-refractivity contribution in [2.45, 2.75) is 69.7 Å². The first-order valence-electron chi connectivity index (χ1n) is 10.5. The molecule has 30 heavy (non-hydrogen) atoms. The topological polar surface area (TPSA) is 104 Å². The summed E-state index contributed by atoms with van der Waals surface area (Å²) in [4.78, 5) is 11.6. The maximum atomic E-state index is 11.6. The summed E-state index contributed by atoms with van der Waals surface area (Å²) < 4.78 is 27.4. The zero-order chi connectivity index (χ0) is 21.8. The van der Waals surface area contributed by atoms with Crippen molar-refractivity contribution in [2.24, 2.45) is 0 Å². The first-order valence-corrected chi connectivity index (χ1v) is 10.5. The molecule has 1 aromatic rings. The molecule has 1 fully saturated rings. The Morgan fingerprint density at radius 3 is 2.67 bits per heavy atom. The molecule has 1 aromatic carbocycles. The minimum atomic E-state index is -1.57. The van der Waals surface area contributed by atoms with E-state index in [-0.39, 0.29) is 38.1 Å². The number of hydrogen-bond donors (Lipinski definition) is 2. The standard InChI is InChI=1S/C22H34O8/c1-3-28-22(25)21(24)18(23)10-12-19(29-15-26-2)20-11-9-17(30-20)14-27-13-16-7-5-4-6-8-16/h4-8,17-21,23-24H,3,9-15H2,1-2H3/t17-,18+,19-,20-,21-/m0/s1. The lowest BCUT2D eigenvalue weighted by Crippen LogP contribution is -2.37. The minimum Gasteiger partial charge on any atom is -0.464 e. The first-order chi connectivity index (χ1) is 14.5. The second kappa shape index (κ2) is 13.7. The van der Waals surface area contributed by atoms with Gasteiger partial charge in [0.2, 0.25) is 0 Å². The lowest BCUT2D eigenvalue weighted by molar-refractivity contribution is -0.161. The van der Waals surface area contributed by atoms with Gasteiger partial charge in [-0.2, -0.15) is 0 Å². The molecule has 2 N–H and O–H groups in total. The number of methoxy groups -OCH3 is 1. The Labute approximate surface area is 178 Å². The van der Waals surface area contributed by atoms with E-state index < -0.39 is 18.2 Å². The van der Waals surface area contributed by atoms with E-state index in [1.165, 1.54) is 7.11 Å². The summed E-state index contributed by atoms with van der Waals surface area (Å²) in [7, 11) is 1.53. The third-order valence-electron chi connectivity index (χ3n) is 5.01. The smallest absolute Gasteiger partial charge is 0.337 e. The van der Waals surface area contributed by atoms with Crippen molar-refractivity contribution in [1.82, 2.24) is 0 Å². The van der Waals surface area contributed by atoms with Gasteiger partial charge in [0.15, 0.2) is 6.10 Å². The van der Waals surface area contributed by atoms with E-state index in [1.54, 1.807) is 6.92 Å². The molecule has 0 unspecified atom stereocenters. The summed E-state index contributed by atoms with van der Waals surface area (Å²) in [5, 5.41) is 20.0. The highest BCUT2D eigenvalue weighted by atomic mass is 16.7. The monoisotopic (exact) mass is 426 g/mol. The molecule has 1 heterocycles. The van der Waals surface area contributed by atoms with Gasteiger partial charge >= 0.3 is 5.97 Å². The normalized spacial score (nSPS) is 21.9. The molecule has 1 aliphatic heterocycles. The summed E-state index contributed by atoms with van der Waals surface area (Å²) in [5.41, 5.74) is 1.11. The van der Waals surface area contributed by atoms with E-state index in [9.17, 15) is 15.0 Å². The Morgan fingerprint density at radius 1 is 1.20 bits per heavy atom. The van der Waals surface area contributed by atoms with E-state index in [0.717, 1.165) is 18.4 Å². The largest absolute Gasteiger partial charge is 0.464 e. The van der Waals surface area contributed by atoms with Crippen LogP contribution in [-0.4, -0.2) is 73.8 Å². The van der Waals surface area contributed by atoms with Crippen molar-refractivity contribution >= 4 is 5.97 Å². The number of hydrogen-bond acceptors (Lipinski definition) is 8. The predicted molar refractivity (Wildman–Crippen MR) is 109 cm³/mol. The summed E-state index contributed by atoms with van der Waals surface area (Å²) in [6.45, 7) is 2.91. The maximum absolute atomic E-state index is 11.6. The van der Waals surface area contributed by atoms with Crippen molar-refractivity contribution in [2.75, 3.05) is 27.1 Å².